The van der Waals surface area contributed by atoms with Crippen LogP contribution in [-0.2, 0) is 16.1 Å². The molecular weight excluding hydrogens is 246 g/mol. The second-order valence-corrected chi connectivity index (χ2v) is 4.84. The van der Waals surface area contributed by atoms with Gasteiger partial charge in [-0.3, -0.25) is 4.79 Å². The second kappa shape index (κ2) is 6.43. The molecule has 0 atom stereocenters. The maximum atomic E-state index is 11.6. The Morgan fingerprint density at radius 3 is 2.53 bits per heavy atom. The highest BCUT2D eigenvalue weighted by Crippen LogP contribution is 2.27. The van der Waals surface area contributed by atoms with Crippen LogP contribution in [0.15, 0.2) is 18.2 Å². The Morgan fingerprint density at radius 1 is 1.32 bits per heavy atom. The van der Waals surface area contributed by atoms with Gasteiger partial charge in [0.2, 0.25) is 0 Å². The molecule has 0 spiro atoms. The number of benzene rings is 1. The zero-order chi connectivity index (χ0) is 14.5. The number of methoxy groups -OCH3 is 2. The summed E-state index contributed by atoms with van der Waals surface area (Å²) in [4.78, 5) is 11.6. The summed E-state index contributed by atoms with van der Waals surface area (Å²) in [7, 11) is 2.94. The molecule has 0 aliphatic heterocycles. The van der Waals surface area contributed by atoms with Gasteiger partial charge in [-0.15, -0.1) is 0 Å². The molecule has 0 radical (unpaired) electrons. The van der Waals surface area contributed by atoms with Crippen molar-refractivity contribution in [1.82, 2.24) is 0 Å². The summed E-state index contributed by atoms with van der Waals surface area (Å²) in [5, 5.41) is 0. The minimum Gasteiger partial charge on any atom is -0.497 e. The summed E-state index contributed by atoms with van der Waals surface area (Å²) in [5.41, 5.74) is 5.80. The van der Waals surface area contributed by atoms with Crippen LogP contribution in [0.25, 0.3) is 0 Å². The fourth-order valence-electron chi connectivity index (χ4n) is 1.56. The fraction of sp³-hybridized carbons (Fsp3) is 0.500. The van der Waals surface area contributed by atoms with Crippen LogP contribution in [0.3, 0.4) is 0 Å². The van der Waals surface area contributed by atoms with Gasteiger partial charge in [0.05, 0.1) is 19.6 Å². The fourth-order valence-corrected chi connectivity index (χ4v) is 1.56. The molecule has 0 aliphatic rings. The van der Waals surface area contributed by atoms with E-state index in [1.165, 1.54) is 7.11 Å². The topological polar surface area (TPSA) is 70.8 Å². The number of carbonyl (C=O) groups is 1. The molecular formula is C14H21NO4. The molecule has 0 amide bonds. The highest BCUT2D eigenvalue weighted by molar-refractivity contribution is 5.75. The molecule has 0 fully saturated rings. The van der Waals surface area contributed by atoms with Crippen molar-refractivity contribution in [2.24, 2.45) is 11.1 Å². The lowest BCUT2D eigenvalue weighted by Crippen LogP contribution is -2.32. The lowest BCUT2D eigenvalue weighted by atomic mass is 9.95. The SMILES string of the molecule is COC(=O)C(C)(C)COc1cc(OC)ccc1CN. The molecule has 0 aliphatic carbocycles. The van der Waals surface area contributed by atoms with E-state index in [9.17, 15) is 4.79 Å². The Balaban J connectivity index is 2.84. The Hall–Kier alpha value is -1.75. The molecule has 0 bridgehead atoms. The number of nitrogens with two attached hydrogens (primary N) is 1. The number of carbonyl (C=O) groups excluding carboxylic acids is 1. The van der Waals surface area contributed by atoms with E-state index >= 15 is 0 Å². The molecule has 0 heterocycles. The zero-order valence-electron chi connectivity index (χ0n) is 11.9. The second-order valence-electron chi connectivity index (χ2n) is 4.84. The standard InChI is InChI=1S/C14H21NO4/c1-14(2,13(16)18-4)9-19-12-7-11(17-3)6-5-10(12)8-15/h5-7H,8-9,15H2,1-4H3. The summed E-state index contributed by atoms with van der Waals surface area (Å²) in [5.74, 6) is 0.992. The van der Waals surface area contributed by atoms with Crippen LogP contribution in [-0.4, -0.2) is 26.8 Å². The average molecular weight is 267 g/mol. The van der Waals surface area contributed by atoms with Gasteiger partial charge in [-0.1, -0.05) is 6.07 Å². The van der Waals surface area contributed by atoms with Gasteiger partial charge in [0.1, 0.15) is 18.1 Å². The van der Waals surface area contributed by atoms with Crippen LogP contribution in [0, 0.1) is 5.41 Å². The first kappa shape index (κ1) is 15.3. The van der Waals surface area contributed by atoms with Gasteiger partial charge in [-0.05, 0) is 19.9 Å². The van der Waals surface area contributed by atoms with Crippen LogP contribution in [0.2, 0.25) is 0 Å². The number of rotatable bonds is 6. The first-order valence-corrected chi connectivity index (χ1v) is 6.03. The first-order chi connectivity index (χ1) is 8.94. The quantitative estimate of drug-likeness (QED) is 0.795. The van der Waals surface area contributed by atoms with Crippen LogP contribution in [0.4, 0.5) is 0 Å². The van der Waals surface area contributed by atoms with Gasteiger partial charge in [-0.2, -0.15) is 0 Å². The van der Waals surface area contributed by atoms with Gasteiger partial charge in [0, 0.05) is 18.2 Å². The van der Waals surface area contributed by atoms with Crippen molar-refractivity contribution in [3.8, 4) is 11.5 Å². The molecule has 5 heteroatoms. The van der Waals surface area contributed by atoms with E-state index in [2.05, 4.69) is 0 Å². The summed E-state index contributed by atoms with van der Waals surface area (Å²) in [6, 6.07) is 5.43. The lowest BCUT2D eigenvalue weighted by Gasteiger charge is -2.22. The molecule has 1 aromatic carbocycles. The molecule has 19 heavy (non-hydrogen) atoms. The third-order valence-electron chi connectivity index (χ3n) is 2.82. The number of hydrogen-bond donors (Lipinski definition) is 1. The van der Waals surface area contributed by atoms with E-state index in [4.69, 9.17) is 19.9 Å². The molecule has 0 saturated heterocycles. The first-order valence-electron chi connectivity index (χ1n) is 6.03. The van der Waals surface area contributed by atoms with E-state index in [-0.39, 0.29) is 12.6 Å². The van der Waals surface area contributed by atoms with Crippen molar-refractivity contribution in [2.45, 2.75) is 20.4 Å². The molecule has 1 rings (SSSR count). The Bertz CT molecular complexity index is 443. The summed E-state index contributed by atoms with van der Waals surface area (Å²) >= 11 is 0. The molecule has 0 aromatic heterocycles. The van der Waals surface area contributed by atoms with Crippen molar-refractivity contribution in [3.05, 3.63) is 23.8 Å². The Morgan fingerprint density at radius 2 is 2.00 bits per heavy atom. The van der Waals surface area contributed by atoms with Gasteiger partial charge < -0.3 is 19.9 Å². The predicted octanol–water partition coefficient (Wildman–Crippen LogP) is 1.73. The van der Waals surface area contributed by atoms with Crippen LogP contribution in [0.1, 0.15) is 19.4 Å². The van der Waals surface area contributed by atoms with Crippen molar-refractivity contribution in [1.29, 1.82) is 0 Å². The van der Waals surface area contributed by atoms with Gasteiger partial charge in [0.25, 0.3) is 0 Å². The summed E-state index contributed by atoms with van der Waals surface area (Å²) in [6.07, 6.45) is 0. The number of hydrogen-bond acceptors (Lipinski definition) is 5. The minimum absolute atomic E-state index is 0.208. The van der Waals surface area contributed by atoms with E-state index in [0.29, 0.717) is 18.0 Å². The van der Waals surface area contributed by atoms with E-state index < -0.39 is 5.41 Å². The van der Waals surface area contributed by atoms with E-state index in [1.54, 1.807) is 27.0 Å². The maximum absolute atomic E-state index is 11.6. The molecule has 0 saturated carbocycles. The molecule has 5 nitrogen and oxygen atoms in total. The average Bonchev–Trinajstić information content (AvgIpc) is 2.43. The monoisotopic (exact) mass is 267 g/mol. The highest BCUT2D eigenvalue weighted by Gasteiger charge is 2.30. The lowest BCUT2D eigenvalue weighted by molar-refractivity contribution is -0.152. The zero-order valence-corrected chi connectivity index (χ0v) is 11.9. The van der Waals surface area contributed by atoms with Crippen LogP contribution < -0.4 is 15.2 Å². The highest BCUT2D eigenvalue weighted by atomic mass is 16.5. The van der Waals surface area contributed by atoms with Crippen molar-refractivity contribution >= 4 is 5.97 Å². The number of esters is 1. The molecule has 1 aromatic rings. The van der Waals surface area contributed by atoms with Crippen molar-refractivity contribution in [3.63, 3.8) is 0 Å². The van der Waals surface area contributed by atoms with Gasteiger partial charge in [0.15, 0.2) is 0 Å². The largest absolute Gasteiger partial charge is 0.497 e. The van der Waals surface area contributed by atoms with Gasteiger partial charge >= 0.3 is 5.97 Å². The van der Waals surface area contributed by atoms with Crippen LogP contribution >= 0.6 is 0 Å². The van der Waals surface area contributed by atoms with Crippen molar-refractivity contribution < 1.29 is 19.0 Å². The normalized spacial score (nSPS) is 11.0. The summed E-state index contributed by atoms with van der Waals surface area (Å²) in [6.45, 7) is 4.10. The minimum atomic E-state index is -0.719. The Kier molecular flexibility index (Phi) is 5.18. The van der Waals surface area contributed by atoms with Crippen molar-refractivity contribution in [2.75, 3.05) is 20.8 Å². The third-order valence-corrected chi connectivity index (χ3v) is 2.82. The Labute approximate surface area is 113 Å². The van der Waals surface area contributed by atoms with Gasteiger partial charge in [-0.25, -0.2) is 0 Å². The molecule has 2 N–H and O–H groups in total. The van der Waals surface area contributed by atoms with E-state index in [1.807, 2.05) is 12.1 Å². The van der Waals surface area contributed by atoms with Crippen LogP contribution in [0.5, 0.6) is 11.5 Å². The molecule has 106 valence electrons. The summed E-state index contributed by atoms with van der Waals surface area (Å²) < 4.78 is 15.6. The molecule has 0 unspecified atom stereocenters. The third kappa shape index (κ3) is 3.86. The smallest absolute Gasteiger partial charge is 0.314 e. The maximum Gasteiger partial charge on any atom is 0.314 e. The predicted molar refractivity (Wildman–Crippen MR) is 72.2 cm³/mol. The van der Waals surface area contributed by atoms with E-state index in [0.717, 1.165) is 5.56 Å². The number of ether oxygens (including phenoxy) is 3.